The van der Waals surface area contributed by atoms with Crippen LogP contribution >= 0.6 is 0 Å². The molecular weight excluding hydrogens is 303 g/mol. The Bertz CT molecular complexity index is 876. The second-order valence-corrected chi connectivity index (χ2v) is 6.62. The molecule has 0 aliphatic carbocycles. The molecule has 0 bridgehead atoms. The summed E-state index contributed by atoms with van der Waals surface area (Å²) in [4.78, 5) is 16.4. The molecule has 122 valence electrons. The van der Waals surface area contributed by atoms with Crippen LogP contribution in [0.3, 0.4) is 0 Å². The number of nitrogens with one attached hydrogen (secondary N) is 2. The maximum atomic E-state index is 13.3. The van der Waals surface area contributed by atoms with Crippen molar-refractivity contribution in [2.24, 2.45) is 5.41 Å². The van der Waals surface area contributed by atoms with Crippen LogP contribution in [0.1, 0.15) is 22.3 Å². The van der Waals surface area contributed by atoms with E-state index in [4.69, 9.17) is 0 Å². The Morgan fingerprint density at radius 3 is 2.71 bits per heavy atom. The van der Waals surface area contributed by atoms with Gasteiger partial charge in [-0.25, -0.2) is 4.39 Å². The van der Waals surface area contributed by atoms with Crippen LogP contribution in [0.15, 0.2) is 54.7 Å². The summed E-state index contributed by atoms with van der Waals surface area (Å²) in [6, 6.07) is 14.3. The summed E-state index contributed by atoms with van der Waals surface area (Å²) in [6.45, 7) is 1.49. The van der Waals surface area contributed by atoms with Crippen molar-refractivity contribution < 1.29 is 9.18 Å². The fourth-order valence-corrected chi connectivity index (χ4v) is 3.66. The van der Waals surface area contributed by atoms with Crippen LogP contribution in [0.2, 0.25) is 0 Å². The molecule has 3 aromatic rings. The average Bonchev–Trinajstić information content (AvgIpc) is 3.25. The Morgan fingerprint density at radius 1 is 1.12 bits per heavy atom. The SMILES string of the molecule is O=C(c1ccc2[nH]ccc2c1)C1(Cc2ccc(F)cc2)CCNC1. The minimum atomic E-state index is -0.457. The van der Waals surface area contributed by atoms with Gasteiger partial charge in [-0.15, -0.1) is 0 Å². The fourth-order valence-electron chi connectivity index (χ4n) is 3.66. The number of carbonyl (C=O) groups is 1. The Kier molecular flexibility index (Phi) is 3.69. The number of rotatable bonds is 4. The van der Waals surface area contributed by atoms with Crippen LogP contribution in [0, 0.1) is 11.2 Å². The summed E-state index contributed by atoms with van der Waals surface area (Å²) in [5.74, 6) is -0.0819. The van der Waals surface area contributed by atoms with Crippen molar-refractivity contribution in [3.63, 3.8) is 0 Å². The fraction of sp³-hybridized carbons (Fsp3) is 0.250. The summed E-state index contributed by atoms with van der Waals surface area (Å²) < 4.78 is 13.2. The maximum Gasteiger partial charge on any atom is 0.170 e. The Labute approximate surface area is 139 Å². The highest BCUT2D eigenvalue weighted by atomic mass is 19.1. The monoisotopic (exact) mass is 322 g/mol. The Hall–Kier alpha value is -2.46. The van der Waals surface area contributed by atoms with Crippen LogP contribution in [0.4, 0.5) is 4.39 Å². The van der Waals surface area contributed by atoms with Crippen LogP contribution in [0.5, 0.6) is 0 Å². The molecule has 1 aliphatic heterocycles. The molecular formula is C20H19FN2O. The molecule has 2 N–H and O–H groups in total. The Morgan fingerprint density at radius 2 is 1.96 bits per heavy atom. The van der Waals surface area contributed by atoms with Crippen LogP contribution in [0.25, 0.3) is 10.9 Å². The topological polar surface area (TPSA) is 44.9 Å². The summed E-state index contributed by atoms with van der Waals surface area (Å²) in [7, 11) is 0. The molecule has 1 fully saturated rings. The highest BCUT2D eigenvalue weighted by molar-refractivity contribution is 6.03. The summed E-state index contributed by atoms with van der Waals surface area (Å²) in [5.41, 5.74) is 2.31. The molecule has 2 aromatic carbocycles. The maximum absolute atomic E-state index is 13.3. The van der Waals surface area contributed by atoms with Gasteiger partial charge in [0.05, 0.1) is 5.41 Å². The number of benzene rings is 2. The zero-order valence-corrected chi connectivity index (χ0v) is 13.3. The van der Waals surface area contributed by atoms with Crippen molar-refractivity contribution in [2.45, 2.75) is 12.8 Å². The molecule has 4 rings (SSSR count). The number of carbonyl (C=O) groups excluding carboxylic acids is 1. The quantitative estimate of drug-likeness (QED) is 0.719. The first kappa shape index (κ1) is 15.1. The van der Waals surface area contributed by atoms with Gasteiger partial charge >= 0.3 is 0 Å². The molecule has 1 saturated heterocycles. The molecule has 4 heteroatoms. The Balaban J connectivity index is 1.68. The highest BCUT2D eigenvalue weighted by Crippen LogP contribution is 2.34. The number of Topliss-reactive ketones (excluding diaryl/α,β-unsaturated/α-hetero) is 1. The third-order valence-electron chi connectivity index (χ3n) is 5.00. The molecule has 2 heterocycles. The van der Waals surface area contributed by atoms with Crippen molar-refractivity contribution in [2.75, 3.05) is 13.1 Å². The van der Waals surface area contributed by atoms with Crippen molar-refractivity contribution in [1.29, 1.82) is 0 Å². The van der Waals surface area contributed by atoms with Crippen LogP contribution < -0.4 is 5.32 Å². The van der Waals surface area contributed by atoms with E-state index in [-0.39, 0.29) is 11.6 Å². The van der Waals surface area contributed by atoms with E-state index >= 15 is 0 Å². The van der Waals surface area contributed by atoms with Gasteiger partial charge in [-0.1, -0.05) is 12.1 Å². The van der Waals surface area contributed by atoms with E-state index in [1.54, 1.807) is 12.1 Å². The number of fused-ring (bicyclic) bond motifs is 1. The van der Waals surface area contributed by atoms with Crippen molar-refractivity contribution in [3.8, 4) is 0 Å². The number of hydrogen-bond donors (Lipinski definition) is 2. The molecule has 1 unspecified atom stereocenters. The molecule has 0 spiro atoms. The average molecular weight is 322 g/mol. The summed E-state index contributed by atoms with van der Waals surface area (Å²) >= 11 is 0. The first-order valence-corrected chi connectivity index (χ1v) is 8.23. The van der Waals surface area contributed by atoms with E-state index in [1.165, 1.54) is 12.1 Å². The van der Waals surface area contributed by atoms with Crippen molar-refractivity contribution in [1.82, 2.24) is 10.3 Å². The normalized spacial score (nSPS) is 20.5. The molecule has 1 aliphatic rings. The highest BCUT2D eigenvalue weighted by Gasteiger charge is 2.41. The van der Waals surface area contributed by atoms with E-state index in [2.05, 4.69) is 10.3 Å². The molecule has 0 amide bonds. The van der Waals surface area contributed by atoms with Gasteiger partial charge in [0, 0.05) is 29.2 Å². The van der Waals surface area contributed by atoms with E-state index in [9.17, 15) is 9.18 Å². The second kappa shape index (κ2) is 5.87. The van der Waals surface area contributed by atoms with E-state index < -0.39 is 5.41 Å². The van der Waals surface area contributed by atoms with Gasteiger partial charge < -0.3 is 10.3 Å². The van der Waals surface area contributed by atoms with E-state index in [1.807, 2.05) is 30.5 Å². The third-order valence-corrected chi connectivity index (χ3v) is 5.00. The predicted molar refractivity (Wildman–Crippen MR) is 92.7 cm³/mol. The van der Waals surface area contributed by atoms with Gasteiger partial charge in [0.15, 0.2) is 5.78 Å². The summed E-state index contributed by atoms with van der Waals surface area (Å²) in [5, 5.41) is 4.37. The van der Waals surface area contributed by atoms with Crippen molar-refractivity contribution in [3.05, 3.63) is 71.7 Å². The molecule has 3 nitrogen and oxygen atoms in total. The summed E-state index contributed by atoms with van der Waals surface area (Å²) in [6.07, 6.45) is 3.31. The lowest BCUT2D eigenvalue weighted by molar-refractivity contribution is 0.0816. The number of H-pyrrole nitrogens is 1. The van der Waals surface area contributed by atoms with Gasteiger partial charge in [-0.2, -0.15) is 0 Å². The number of halogens is 1. The molecule has 0 saturated carbocycles. The van der Waals surface area contributed by atoms with Gasteiger partial charge in [-0.3, -0.25) is 4.79 Å². The zero-order valence-electron chi connectivity index (χ0n) is 13.3. The first-order chi connectivity index (χ1) is 11.7. The third kappa shape index (κ3) is 2.63. The van der Waals surface area contributed by atoms with Crippen LogP contribution in [-0.2, 0) is 6.42 Å². The van der Waals surface area contributed by atoms with Gasteiger partial charge in [0.2, 0.25) is 0 Å². The standard InChI is InChI=1S/C20H19FN2O/c21-17-4-1-14(2-5-17)12-20(8-10-22-13-20)19(24)16-3-6-18-15(11-16)7-9-23-18/h1-7,9,11,22-23H,8,10,12-13H2. The van der Waals surface area contributed by atoms with Gasteiger partial charge in [-0.05, 0) is 61.3 Å². The van der Waals surface area contributed by atoms with E-state index in [0.717, 1.165) is 35.0 Å². The first-order valence-electron chi connectivity index (χ1n) is 8.23. The number of aromatic nitrogens is 1. The molecule has 24 heavy (non-hydrogen) atoms. The minimum Gasteiger partial charge on any atom is -0.361 e. The van der Waals surface area contributed by atoms with E-state index in [0.29, 0.717) is 13.0 Å². The predicted octanol–water partition coefficient (Wildman–Crippen LogP) is 3.71. The number of aromatic amines is 1. The molecule has 0 radical (unpaired) electrons. The van der Waals surface area contributed by atoms with Gasteiger partial charge in [0.1, 0.15) is 5.82 Å². The number of hydrogen-bond acceptors (Lipinski definition) is 2. The van der Waals surface area contributed by atoms with Gasteiger partial charge in [0.25, 0.3) is 0 Å². The lowest BCUT2D eigenvalue weighted by atomic mass is 9.74. The smallest absolute Gasteiger partial charge is 0.170 e. The number of ketones is 1. The van der Waals surface area contributed by atoms with Crippen molar-refractivity contribution >= 4 is 16.7 Å². The molecule has 1 aromatic heterocycles. The largest absolute Gasteiger partial charge is 0.361 e. The minimum absolute atomic E-state index is 0.167. The second-order valence-electron chi connectivity index (χ2n) is 6.62. The zero-order chi connectivity index (χ0) is 16.6. The lowest BCUT2D eigenvalue weighted by Gasteiger charge is -2.27. The van der Waals surface area contributed by atoms with Crippen LogP contribution in [-0.4, -0.2) is 23.9 Å². The molecule has 1 atom stereocenters. The lowest BCUT2D eigenvalue weighted by Crippen LogP contribution is -2.36.